The lowest BCUT2D eigenvalue weighted by Gasteiger charge is -2.08. The third-order valence-corrected chi connectivity index (χ3v) is 2.93. The van der Waals surface area contributed by atoms with Crippen LogP contribution in [0.15, 0.2) is 29.2 Å². The van der Waals surface area contributed by atoms with Crippen LogP contribution in [-0.2, 0) is 10.1 Å². The zero-order chi connectivity index (χ0) is 11.8. The highest BCUT2D eigenvalue weighted by Gasteiger charge is 2.04. The molecule has 0 saturated heterocycles. The van der Waals surface area contributed by atoms with Gasteiger partial charge in [0, 0.05) is 0 Å². The molecule has 0 aliphatic rings. The first kappa shape index (κ1) is 10.9. The summed E-state index contributed by atoms with van der Waals surface area (Å²) < 4.78 is 33.8. The van der Waals surface area contributed by atoms with Crippen LogP contribution in [0.2, 0.25) is 0 Å². The molecule has 1 heterocycles. The van der Waals surface area contributed by atoms with Crippen molar-refractivity contribution in [3.05, 3.63) is 29.0 Å². The van der Waals surface area contributed by atoms with Gasteiger partial charge in [0.25, 0.3) is 0 Å². The normalized spacial score (nSPS) is 11.6. The highest BCUT2D eigenvalue weighted by Crippen LogP contribution is 2.13. The molecule has 1 aromatic heterocycles. The van der Waals surface area contributed by atoms with Gasteiger partial charge in [-0.25, -0.2) is 13.1 Å². The Hall–Kier alpha value is -1.58. The lowest BCUT2D eigenvalue weighted by atomic mass is 10.3. The lowest BCUT2D eigenvalue weighted by Crippen LogP contribution is -2.02. The molecule has 84 valence electrons. The quantitative estimate of drug-likeness (QED) is 0.610. The second-order valence-electron chi connectivity index (χ2n) is 2.87. The Balaban J connectivity index is 2.62. The molecule has 1 N–H and O–H groups in total. The second kappa shape index (κ2) is 3.77. The van der Waals surface area contributed by atoms with Crippen molar-refractivity contribution in [3.63, 3.8) is 0 Å². The van der Waals surface area contributed by atoms with Gasteiger partial charge in [0.1, 0.15) is 10.1 Å². The van der Waals surface area contributed by atoms with E-state index in [-0.39, 0.29) is 9.67 Å². The molecule has 0 radical (unpaired) electrons. The lowest BCUT2D eigenvalue weighted by molar-refractivity contribution is 0.463. The van der Waals surface area contributed by atoms with Crippen LogP contribution in [-0.4, -0.2) is 33.2 Å². The van der Waals surface area contributed by atoms with E-state index in [9.17, 15) is 13.0 Å². The largest absolute Gasteiger partial charge is 0.744 e. The van der Waals surface area contributed by atoms with E-state index in [1.807, 2.05) is 0 Å². The minimum absolute atomic E-state index is 0.139. The predicted octanol–water partition coefficient (Wildman–Crippen LogP) is 0.229. The molecular weight excluding hydrogens is 252 g/mol. The van der Waals surface area contributed by atoms with Gasteiger partial charge in [-0.1, -0.05) is 16.4 Å². The van der Waals surface area contributed by atoms with Gasteiger partial charge in [-0.2, -0.15) is 5.21 Å². The summed E-state index contributed by atoms with van der Waals surface area (Å²) in [6.45, 7) is 0. The number of benzene rings is 1. The number of nitrogens with zero attached hydrogens (tertiary/aromatic N) is 3. The third-order valence-electron chi connectivity index (χ3n) is 1.84. The van der Waals surface area contributed by atoms with Crippen LogP contribution in [0, 0.1) is 4.77 Å². The SMILES string of the molecule is O=S(=O)([O-])c1cccc(-n2[nH]nnc2=S)c1. The maximum absolute atomic E-state index is 10.8. The summed E-state index contributed by atoms with van der Waals surface area (Å²) >= 11 is 4.83. The zero-order valence-corrected chi connectivity index (χ0v) is 9.33. The van der Waals surface area contributed by atoms with E-state index in [0.29, 0.717) is 5.69 Å². The van der Waals surface area contributed by atoms with E-state index < -0.39 is 10.1 Å². The van der Waals surface area contributed by atoms with Crippen LogP contribution in [0.25, 0.3) is 5.69 Å². The fourth-order valence-electron chi connectivity index (χ4n) is 1.14. The van der Waals surface area contributed by atoms with E-state index in [0.717, 1.165) is 0 Å². The molecule has 0 aliphatic carbocycles. The Morgan fingerprint density at radius 2 is 2.19 bits per heavy atom. The van der Waals surface area contributed by atoms with Crippen LogP contribution in [0.5, 0.6) is 0 Å². The number of hydrogen-bond acceptors (Lipinski definition) is 6. The first-order valence-corrected chi connectivity index (χ1v) is 5.86. The molecule has 9 heteroatoms. The van der Waals surface area contributed by atoms with Gasteiger partial charge in [0.15, 0.2) is 0 Å². The van der Waals surface area contributed by atoms with Crippen molar-refractivity contribution in [2.24, 2.45) is 0 Å². The van der Waals surface area contributed by atoms with Crippen molar-refractivity contribution in [2.45, 2.75) is 4.90 Å². The zero-order valence-electron chi connectivity index (χ0n) is 7.69. The monoisotopic (exact) mass is 257 g/mol. The van der Waals surface area contributed by atoms with Gasteiger partial charge >= 0.3 is 0 Å². The fraction of sp³-hybridized carbons (Fsp3) is 0. The highest BCUT2D eigenvalue weighted by molar-refractivity contribution is 7.85. The molecule has 1 aromatic carbocycles. The maximum atomic E-state index is 10.8. The van der Waals surface area contributed by atoms with Crippen LogP contribution in [0.1, 0.15) is 0 Å². The van der Waals surface area contributed by atoms with Gasteiger partial charge in [-0.15, -0.1) is 0 Å². The van der Waals surface area contributed by atoms with E-state index in [1.165, 1.54) is 22.9 Å². The van der Waals surface area contributed by atoms with Gasteiger partial charge in [-0.3, -0.25) is 0 Å². The Labute approximate surface area is 95.5 Å². The predicted molar refractivity (Wildman–Crippen MR) is 54.5 cm³/mol. The third kappa shape index (κ3) is 2.01. The number of aromatic nitrogens is 4. The van der Waals surface area contributed by atoms with Gasteiger partial charge in [0.05, 0.1) is 10.6 Å². The number of rotatable bonds is 2. The molecule has 0 atom stereocenters. The molecule has 16 heavy (non-hydrogen) atoms. The fourth-order valence-corrected chi connectivity index (χ4v) is 1.84. The Bertz CT molecular complexity index is 673. The summed E-state index contributed by atoms with van der Waals surface area (Å²) in [4.78, 5) is -0.332. The van der Waals surface area contributed by atoms with Crippen LogP contribution in [0.4, 0.5) is 0 Å². The molecule has 0 unspecified atom stereocenters. The van der Waals surface area contributed by atoms with Gasteiger partial charge < -0.3 is 4.55 Å². The first-order valence-electron chi connectivity index (χ1n) is 4.05. The van der Waals surface area contributed by atoms with Gasteiger partial charge in [-0.05, 0) is 30.4 Å². The molecule has 0 aliphatic heterocycles. The van der Waals surface area contributed by atoms with Crippen LogP contribution < -0.4 is 0 Å². The maximum Gasteiger partial charge on any atom is 0.242 e. The number of nitrogens with one attached hydrogen (secondary N) is 1. The summed E-state index contributed by atoms with van der Waals surface area (Å²) in [7, 11) is -4.48. The molecule has 0 spiro atoms. The van der Waals surface area contributed by atoms with Crippen molar-refractivity contribution in [1.82, 2.24) is 20.2 Å². The topological polar surface area (TPSA) is 104 Å². The van der Waals surface area contributed by atoms with E-state index in [4.69, 9.17) is 12.2 Å². The van der Waals surface area contributed by atoms with Crippen molar-refractivity contribution >= 4 is 22.3 Å². The smallest absolute Gasteiger partial charge is 0.242 e. The molecule has 7 nitrogen and oxygen atoms in total. The summed E-state index contributed by atoms with van der Waals surface area (Å²) in [5, 5.41) is 9.43. The minimum atomic E-state index is -4.48. The van der Waals surface area contributed by atoms with Crippen molar-refractivity contribution in [1.29, 1.82) is 0 Å². The molecule has 0 fully saturated rings. The van der Waals surface area contributed by atoms with E-state index in [1.54, 1.807) is 6.07 Å². The molecule has 2 rings (SSSR count). The molecular formula is C7H5N4O3S2-. The summed E-state index contributed by atoms with van der Waals surface area (Å²) in [6.07, 6.45) is 0. The Morgan fingerprint density at radius 1 is 1.44 bits per heavy atom. The van der Waals surface area contributed by atoms with Gasteiger partial charge in [0.2, 0.25) is 4.77 Å². The molecule has 2 aromatic rings. The highest BCUT2D eigenvalue weighted by atomic mass is 32.2. The minimum Gasteiger partial charge on any atom is -0.744 e. The first-order chi connectivity index (χ1) is 7.48. The second-order valence-corrected chi connectivity index (χ2v) is 4.61. The summed E-state index contributed by atoms with van der Waals surface area (Å²) in [5.41, 5.74) is 0.381. The number of tetrazole rings is 1. The van der Waals surface area contributed by atoms with Crippen LogP contribution >= 0.6 is 12.2 Å². The standard InChI is InChI=1S/C7H6N4O3S2/c12-16(13,14)6-3-1-2-5(4-6)11-7(15)8-9-10-11/h1-4H,(H,8,10,15)(H,12,13,14)/p-1. The Kier molecular flexibility index (Phi) is 2.58. The average molecular weight is 257 g/mol. The number of hydrogen-bond donors (Lipinski definition) is 1. The Morgan fingerprint density at radius 3 is 2.75 bits per heavy atom. The molecule has 0 bridgehead atoms. The van der Waals surface area contributed by atoms with E-state index >= 15 is 0 Å². The molecule has 0 saturated carbocycles. The number of aromatic amines is 1. The molecule has 0 amide bonds. The number of H-pyrrole nitrogens is 1. The van der Waals surface area contributed by atoms with Crippen LogP contribution in [0.3, 0.4) is 0 Å². The summed E-state index contributed by atoms with van der Waals surface area (Å²) in [5.74, 6) is 0. The average Bonchev–Trinajstić information content (AvgIpc) is 2.63. The summed E-state index contributed by atoms with van der Waals surface area (Å²) in [6, 6.07) is 5.41. The van der Waals surface area contributed by atoms with Crippen molar-refractivity contribution in [3.8, 4) is 5.69 Å². The van der Waals surface area contributed by atoms with Crippen molar-refractivity contribution < 1.29 is 13.0 Å². The van der Waals surface area contributed by atoms with E-state index in [2.05, 4.69) is 15.5 Å². The van der Waals surface area contributed by atoms with Crippen molar-refractivity contribution in [2.75, 3.05) is 0 Å².